The number of rotatable bonds is 3. The summed E-state index contributed by atoms with van der Waals surface area (Å²) in [6.07, 6.45) is -4.91. The Morgan fingerprint density at radius 3 is 2.15 bits per heavy atom. The lowest BCUT2D eigenvalue weighted by atomic mass is 10.0. The lowest BCUT2D eigenvalue weighted by Crippen LogP contribution is -2.19. The minimum absolute atomic E-state index is 0.586. The number of Topliss-reactive ketones (excluding diaryl/α,β-unsaturated/α-hetero) is 1. The molecule has 0 amide bonds. The molecule has 20 heavy (non-hydrogen) atoms. The Morgan fingerprint density at radius 2 is 1.75 bits per heavy atom. The molecule has 0 spiro atoms. The highest BCUT2D eigenvalue weighted by Gasteiger charge is 2.39. The number of ketones is 1. The van der Waals surface area contributed by atoms with Crippen LogP contribution in [0.15, 0.2) is 23.1 Å². The van der Waals surface area contributed by atoms with Crippen LogP contribution in [0, 0.1) is 0 Å². The van der Waals surface area contributed by atoms with Gasteiger partial charge in [0.05, 0.1) is 10.4 Å². The molecule has 1 aromatic carbocycles. The summed E-state index contributed by atoms with van der Waals surface area (Å²) in [5.41, 5.74) is -7.12. The summed E-state index contributed by atoms with van der Waals surface area (Å²) < 4.78 is 75.6. The SMILES string of the molecule is CC(Br)C(=O)c1c(SC(F)(F)F)cccc1C(F)(F)F. The number of carbonyl (C=O) groups is 1. The number of thioether (sulfide) groups is 1. The molecule has 0 radical (unpaired) electrons. The summed E-state index contributed by atoms with van der Waals surface area (Å²) in [7, 11) is 0. The van der Waals surface area contributed by atoms with Gasteiger partial charge in [0, 0.05) is 10.5 Å². The molecule has 112 valence electrons. The Hall–Kier alpha value is -0.700. The third-order valence-electron chi connectivity index (χ3n) is 2.16. The second-order valence-corrected chi connectivity index (χ2v) is 6.18. The predicted molar refractivity (Wildman–Crippen MR) is 66.1 cm³/mol. The topological polar surface area (TPSA) is 17.1 Å². The van der Waals surface area contributed by atoms with E-state index in [1.807, 2.05) is 0 Å². The molecule has 1 atom stereocenters. The molecule has 0 saturated heterocycles. The van der Waals surface area contributed by atoms with Gasteiger partial charge < -0.3 is 0 Å². The summed E-state index contributed by atoms with van der Waals surface area (Å²) in [6.45, 7) is 1.25. The molecule has 9 heteroatoms. The molecule has 0 N–H and O–H groups in total. The summed E-state index contributed by atoms with van der Waals surface area (Å²) in [5.74, 6) is -1.05. The predicted octanol–water partition coefficient (Wildman–Crippen LogP) is 5.28. The number of carbonyl (C=O) groups excluding carboxylic acids is 1. The van der Waals surface area contributed by atoms with Crippen LogP contribution in [0.25, 0.3) is 0 Å². The van der Waals surface area contributed by atoms with Crippen LogP contribution in [0.5, 0.6) is 0 Å². The molecular formula is C11H7BrF6OS. The molecule has 1 unspecified atom stereocenters. The number of halogens is 7. The van der Waals surface area contributed by atoms with E-state index in [0.717, 1.165) is 12.1 Å². The van der Waals surface area contributed by atoms with E-state index in [2.05, 4.69) is 15.9 Å². The highest BCUT2D eigenvalue weighted by atomic mass is 79.9. The molecule has 0 aliphatic carbocycles. The minimum Gasteiger partial charge on any atom is -0.293 e. The lowest BCUT2D eigenvalue weighted by Gasteiger charge is -2.17. The van der Waals surface area contributed by atoms with Gasteiger partial charge >= 0.3 is 11.7 Å². The fourth-order valence-corrected chi connectivity index (χ4v) is 2.37. The van der Waals surface area contributed by atoms with E-state index in [0.29, 0.717) is 6.07 Å². The van der Waals surface area contributed by atoms with E-state index >= 15 is 0 Å². The number of benzene rings is 1. The standard InChI is InChI=1S/C11H7BrF6OS/c1-5(12)9(19)8-6(10(13,14)15)3-2-4-7(8)20-11(16,17)18/h2-5H,1H3. The molecular weight excluding hydrogens is 374 g/mol. The fourth-order valence-electron chi connectivity index (χ4n) is 1.43. The van der Waals surface area contributed by atoms with Gasteiger partial charge in [0.25, 0.3) is 0 Å². The zero-order chi connectivity index (χ0) is 15.7. The Kier molecular flexibility index (Phi) is 5.18. The van der Waals surface area contributed by atoms with Crippen molar-refractivity contribution in [1.82, 2.24) is 0 Å². The summed E-state index contributed by atoms with van der Waals surface area (Å²) >= 11 is 2.05. The van der Waals surface area contributed by atoms with Crippen LogP contribution in [0.1, 0.15) is 22.8 Å². The molecule has 0 aliphatic rings. The Labute approximate surface area is 122 Å². The third-order valence-corrected chi connectivity index (χ3v) is 3.37. The molecule has 0 aromatic heterocycles. The van der Waals surface area contributed by atoms with E-state index < -0.39 is 50.1 Å². The summed E-state index contributed by atoms with van der Waals surface area (Å²) in [6, 6.07) is 2.27. The zero-order valence-corrected chi connectivity index (χ0v) is 12.2. The maximum absolute atomic E-state index is 12.8. The average molecular weight is 381 g/mol. The lowest BCUT2D eigenvalue weighted by molar-refractivity contribution is -0.138. The summed E-state index contributed by atoms with van der Waals surface area (Å²) in [4.78, 5) is 10.0. The number of alkyl halides is 7. The van der Waals surface area contributed by atoms with Gasteiger partial charge in [-0.05, 0) is 30.8 Å². The van der Waals surface area contributed by atoms with Crippen LogP contribution in [0.2, 0.25) is 0 Å². The summed E-state index contributed by atoms with van der Waals surface area (Å²) in [5, 5.41) is 0. The average Bonchev–Trinajstić information content (AvgIpc) is 2.24. The van der Waals surface area contributed by atoms with Gasteiger partial charge in [0.1, 0.15) is 0 Å². The van der Waals surface area contributed by atoms with Gasteiger partial charge in [0.2, 0.25) is 0 Å². The Bertz CT molecular complexity index is 509. The van der Waals surface area contributed by atoms with Crippen LogP contribution >= 0.6 is 27.7 Å². The number of hydrogen-bond donors (Lipinski definition) is 0. The zero-order valence-electron chi connectivity index (χ0n) is 9.77. The van der Waals surface area contributed by atoms with Crippen molar-refractivity contribution < 1.29 is 31.1 Å². The van der Waals surface area contributed by atoms with Gasteiger partial charge in [-0.15, -0.1) is 0 Å². The molecule has 1 aromatic rings. The monoisotopic (exact) mass is 380 g/mol. The van der Waals surface area contributed by atoms with Crippen LogP contribution in [0.4, 0.5) is 26.3 Å². The van der Waals surface area contributed by atoms with E-state index in [1.54, 1.807) is 0 Å². The van der Waals surface area contributed by atoms with Crippen molar-refractivity contribution in [1.29, 1.82) is 0 Å². The second kappa shape index (κ2) is 5.97. The van der Waals surface area contributed by atoms with E-state index in [-0.39, 0.29) is 0 Å². The highest BCUT2D eigenvalue weighted by molar-refractivity contribution is 9.10. The highest BCUT2D eigenvalue weighted by Crippen LogP contribution is 2.43. The maximum atomic E-state index is 12.8. The largest absolute Gasteiger partial charge is 0.446 e. The minimum atomic E-state index is -4.91. The van der Waals surface area contributed by atoms with Gasteiger partial charge in [-0.3, -0.25) is 4.79 Å². The van der Waals surface area contributed by atoms with Crippen LogP contribution in [-0.2, 0) is 6.18 Å². The van der Waals surface area contributed by atoms with Gasteiger partial charge in [-0.2, -0.15) is 26.3 Å². The first-order valence-corrected chi connectivity index (χ1v) is 6.81. The third kappa shape index (κ3) is 4.41. The molecule has 1 rings (SSSR count). The molecule has 0 heterocycles. The van der Waals surface area contributed by atoms with E-state index in [9.17, 15) is 31.1 Å². The van der Waals surface area contributed by atoms with Crippen molar-refractivity contribution in [2.75, 3.05) is 0 Å². The van der Waals surface area contributed by atoms with Crippen molar-refractivity contribution in [3.8, 4) is 0 Å². The smallest absolute Gasteiger partial charge is 0.293 e. The maximum Gasteiger partial charge on any atom is 0.446 e. The quantitative estimate of drug-likeness (QED) is 0.307. The first-order valence-electron chi connectivity index (χ1n) is 5.07. The second-order valence-electron chi connectivity index (χ2n) is 3.70. The molecule has 0 aliphatic heterocycles. The Morgan fingerprint density at radius 1 is 1.20 bits per heavy atom. The van der Waals surface area contributed by atoms with Crippen LogP contribution in [-0.4, -0.2) is 16.1 Å². The fraction of sp³-hybridized carbons (Fsp3) is 0.364. The molecule has 0 bridgehead atoms. The van der Waals surface area contributed by atoms with Crippen LogP contribution in [0.3, 0.4) is 0 Å². The molecule has 0 fully saturated rings. The van der Waals surface area contributed by atoms with Gasteiger partial charge in [-0.1, -0.05) is 22.0 Å². The first-order chi connectivity index (χ1) is 8.93. The van der Waals surface area contributed by atoms with E-state index in [4.69, 9.17) is 0 Å². The first kappa shape index (κ1) is 17.4. The van der Waals surface area contributed by atoms with E-state index in [1.165, 1.54) is 6.92 Å². The van der Waals surface area contributed by atoms with Crippen molar-refractivity contribution in [3.05, 3.63) is 29.3 Å². The Balaban J connectivity index is 3.49. The van der Waals surface area contributed by atoms with Crippen LogP contribution < -0.4 is 0 Å². The van der Waals surface area contributed by atoms with Gasteiger partial charge in [-0.25, -0.2) is 0 Å². The van der Waals surface area contributed by atoms with Gasteiger partial charge in [0.15, 0.2) is 5.78 Å². The normalized spacial score (nSPS) is 14.2. The van der Waals surface area contributed by atoms with Crippen molar-refractivity contribution in [3.63, 3.8) is 0 Å². The van der Waals surface area contributed by atoms with Crippen molar-refractivity contribution >= 4 is 33.5 Å². The van der Waals surface area contributed by atoms with Crippen molar-refractivity contribution in [2.24, 2.45) is 0 Å². The van der Waals surface area contributed by atoms with Crippen molar-refractivity contribution in [2.45, 2.75) is 28.3 Å². The number of hydrogen-bond acceptors (Lipinski definition) is 2. The molecule has 0 saturated carbocycles. The molecule has 1 nitrogen and oxygen atoms in total.